The summed E-state index contributed by atoms with van der Waals surface area (Å²) in [7, 11) is 1.83. The Morgan fingerprint density at radius 3 is 3.00 bits per heavy atom. The SMILES string of the molecule is Cc1cc(=O)n(C)c2c1CNC2. The van der Waals surface area contributed by atoms with Crippen LogP contribution >= 0.6 is 0 Å². The van der Waals surface area contributed by atoms with Crippen molar-refractivity contribution in [1.29, 1.82) is 0 Å². The first-order valence-corrected chi connectivity index (χ1v) is 4.09. The van der Waals surface area contributed by atoms with Crippen LogP contribution in [0.1, 0.15) is 16.8 Å². The molecule has 1 aliphatic rings. The number of hydrogen-bond acceptors (Lipinski definition) is 2. The molecule has 0 atom stereocenters. The second-order valence-corrected chi connectivity index (χ2v) is 3.25. The highest BCUT2D eigenvalue weighted by Crippen LogP contribution is 2.15. The molecule has 0 amide bonds. The van der Waals surface area contributed by atoms with Gasteiger partial charge < -0.3 is 9.88 Å². The minimum Gasteiger partial charge on any atom is -0.314 e. The van der Waals surface area contributed by atoms with Crippen molar-refractivity contribution in [1.82, 2.24) is 9.88 Å². The molecule has 0 aromatic carbocycles. The Morgan fingerprint density at radius 2 is 2.25 bits per heavy atom. The van der Waals surface area contributed by atoms with Crippen LogP contribution in [0, 0.1) is 6.92 Å². The summed E-state index contributed by atoms with van der Waals surface area (Å²) >= 11 is 0. The Morgan fingerprint density at radius 1 is 1.50 bits per heavy atom. The van der Waals surface area contributed by atoms with E-state index in [0.717, 1.165) is 24.3 Å². The Hall–Kier alpha value is -1.09. The molecule has 3 heteroatoms. The number of pyridine rings is 1. The minimum absolute atomic E-state index is 0.0925. The summed E-state index contributed by atoms with van der Waals surface area (Å²) < 4.78 is 1.72. The summed E-state index contributed by atoms with van der Waals surface area (Å²) in [5.74, 6) is 0. The lowest BCUT2D eigenvalue weighted by molar-refractivity contribution is 0.720. The van der Waals surface area contributed by atoms with Crippen molar-refractivity contribution in [2.24, 2.45) is 7.05 Å². The molecule has 0 bridgehead atoms. The maximum Gasteiger partial charge on any atom is 0.250 e. The number of fused-ring (bicyclic) bond motifs is 1. The third-order valence-electron chi connectivity index (χ3n) is 2.49. The van der Waals surface area contributed by atoms with Gasteiger partial charge in [-0.05, 0) is 18.1 Å². The van der Waals surface area contributed by atoms with Gasteiger partial charge in [0.1, 0.15) is 0 Å². The average molecular weight is 164 g/mol. The molecule has 0 fully saturated rings. The molecule has 0 spiro atoms. The first-order valence-electron chi connectivity index (χ1n) is 4.09. The fourth-order valence-electron chi connectivity index (χ4n) is 1.70. The third-order valence-corrected chi connectivity index (χ3v) is 2.49. The van der Waals surface area contributed by atoms with Crippen molar-refractivity contribution >= 4 is 0 Å². The largest absolute Gasteiger partial charge is 0.314 e. The summed E-state index contributed by atoms with van der Waals surface area (Å²) in [6.07, 6.45) is 0. The molecular weight excluding hydrogens is 152 g/mol. The highest BCUT2D eigenvalue weighted by molar-refractivity contribution is 5.32. The normalized spacial score (nSPS) is 14.8. The molecule has 1 aromatic rings. The Bertz CT molecular complexity index is 379. The Balaban J connectivity index is 2.78. The molecule has 0 saturated carbocycles. The standard InChI is InChI=1S/C9H12N2O/c1-6-3-9(12)11(2)8-5-10-4-7(6)8/h3,10H,4-5H2,1-2H3. The second kappa shape index (κ2) is 2.45. The Kier molecular flexibility index (Phi) is 1.54. The number of nitrogens with zero attached hydrogens (tertiary/aromatic N) is 1. The lowest BCUT2D eigenvalue weighted by Crippen LogP contribution is -2.20. The first kappa shape index (κ1) is 7.55. The number of aromatic nitrogens is 1. The van der Waals surface area contributed by atoms with Crippen LogP contribution in [-0.2, 0) is 20.1 Å². The van der Waals surface area contributed by atoms with Crippen molar-refractivity contribution in [2.75, 3.05) is 0 Å². The van der Waals surface area contributed by atoms with E-state index in [-0.39, 0.29) is 5.56 Å². The first-order chi connectivity index (χ1) is 5.70. The van der Waals surface area contributed by atoms with E-state index in [4.69, 9.17) is 0 Å². The minimum atomic E-state index is 0.0925. The van der Waals surface area contributed by atoms with Crippen molar-refractivity contribution in [3.63, 3.8) is 0 Å². The molecule has 2 rings (SSSR count). The van der Waals surface area contributed by atoms with Crippen molar-refractivity contribution in [3.05, 3.63) is 33.2 Å². The van der Waals surface area contributed by atoms with Gasteiger partial charge >= 0.3 is 0 Å². The smallest absolute Gasteiger partial charge is 0.250 e. The van der Waals surface area contributed by atoms with E-state index in [1.165, 1.54) is 5.56 Å². The highest BCUT2D eigenvalue weighted by atomic mass is 16.1. The summed E-state index contributed by atoms with van der Waals surface area (Å²) in [6.45, 7) is 3.71. The molecule has 0 aliphatic carbocycles. The molecule has 1 aromatic heterocycles. The van der Waals surface area contributed by atoms with E-state index in [2.05, 4.69) is 5.32 Å². The molecule has 1 N–H and O–H groups in total. The molecule has 3 nitrogen and oxygen atoms in total. The van der Waals surface area contributed by atoms with Crippen LogP contribution < -0.4 is 10.9 Å². The fraction of sp³-hybridized carbons (Fsp3) is 0.444. The third kappa shape index (κ3) is 0.898. The fourth-order valence-corrected chi connectivity index (χ4v) is 1.70. The number of hydrogen-bond donors (Lipinski definition) is 1. The zero-order chi connectivity index (χ0) is 8.72. The van der Waals surface area contributed by atoms with Crippen molar-refractivity contribution < 1.29 is 0 Å². The predicted octanol–water partition coefficient (Wildman–Crippen LogP) is 0.297. The summed E-state index contributed by atoms with van der Waals surface area (Å²) in [6, 6.07) is 1.70. The van der Waals surface area contributed by atoms with Crippen LogP contribution in [0.15, 0.2) is 10.9 Å². The zero-order valence-electron chi connectivity index (χ0n) is 7.35. The van der Waals surface area contributed by atoms with Crippen LogP contribution in [0.3, 0.4) is 0 Å². The molecule has 0 radical (unpaired) electrons. The van der Waals surface area contributed by atoms with Gasteiger partial charge in [-0.15, -0.1) is 0 Å². The van der Waals surface area contributed by atoms with E-state index >= 15 is 0 Å². The van der Waals surface area contributed by atoms with Crippen LogP contribution in [0.4, 0.5) is 0 Å². The maximum absolute atomic E-state index is 11.3. The topological polar surface area (TPSA) is 34.0 Å². The number of aryl methyl sites for hydroxylation is 1. The van der Waals surface area contributed by atoms with Gasteiger partial charge in [0.15, 0.2) is 0 Å². The predicted molar refractivity (Wildman–Crippen MR) is 47.0 cm³/mol. The monoisotopic (exact) mass is 164 g/mol. The van der Waals surface area contributed by atoms with E-state index in [0.29, 0.717) is 0 Å². The Labute approximate surface area is 71.0 Å². The second-order valence-electron chi connectivity index (χ2n) is 3.25. The lowest BCUT2D eigenvalue weighted by Gasteiger charge is -2.07. The van der Waals surface area contributed by atoms with E-state index in [1.807, 2.05) is 14.0 Å². The van der Waals surface area contributed by atoms with Gasteiger partial charge in [-0.3, -0.25) is 4.79 Å². The molecule has 0 unspecified atom stereocenters. The van der Waals surface area contributed by atoms with Crippen molar-refractivity contribution in [2.45, 2.75) is 20.0 Å². The van der Waals surface area contributed by atoms with E-state index in [9.17, 15) is 4.79 Å². The van der Waals surface area contributed by atoms with Gasteiger partial charge in [0.05, 0.1) is 0 Å². The van der Waals surface area contributed by atoms with Crippen LogP contribution in [0.5, 0.6) is 0 Å². The van der Waals surface area contributed by atoms with Crippen LogP contribution in [-0.4, -0.2) is 4.57 Å². The molecule has 1 aliphatic heterocycles. The van der Waals surface area contributed by atoms with Gasteiger partial charge in [0.2, 0.25) is 0 Å². The summed E-state index contributed by atoms with van der Waals surface area (Å²) in [4.78, 5) is 11.3. The highest BCUT2D eigenvalue weighted by Gasteiger charge is 2.15. The van der Waals surface area contributed by atoms with Crippen LogP contribution in [0.2, 0.25) is 0 Å². The quantitative estimate of drug-likeness (QED) is 0.598. The molecular formula is C9H12N2O. The van der Waals surface area contributed by atoms with Gasteiger partial charge in [-0.2, -0.15) is 0 Å². The van der Waals surface area contributed by atoms with E-state index in [1.54, 1.807) is 10.6 Å². The molecule has 0 saturated heterocycles. The molecule has 64 valence electrons. The summed E-state index contributed by atoms with van der Waals surface area (Å²) in [5.41, 5.74) is 3.63. The molecule has 2 heterocycles. The van der Waals surface area contributed by atoms with Gasteiger partial charge in [0.25, 0.3) is 5.56 Å². The van der Waals surface area contributed by atoms with Gasteiger partial charge in [-0.25, -0.2) is 0 Å². The van der Waals surface area contributed by atoms with Gasteiger partial charge in [0, 0.05) is 31.9 Å². The van der Waals surface area contributed by atoms with Gasteiger partial charge in [-0.1, -0.05) is 0 Å². The molecule has 12 heavy (non-hydrogen) atoms. The average Bonchev–Trinajstić information content (AvgIpc) is 2.48. The maximum atomic E-state index is 11.3. The van der Waals surface area contributed by atoms with Crippen molar-refractivity contribution in [3.8, 4) is 0 Å². The lowest BCUT2D eigenvalue weighted by atomic mass is 10.1. The number of nitrogens with one attached hydrogen (secondary N) is 1. The van der Waals surface area contributed by atoms with E-state index < -0.39 is 0 Å². The number of rotatable bonds is 0. The van der Waals surface area contributed by atoms with Crippen LogP contribution in [0.25, 0.3) is 0 Å². The summed E-state index contributed by atoms with van der Waals surface area (Å²) in [5, 5.41) is 3.24. The zero-order valence-corrected chi connectivity index (χ0v) is 7.35.